The highest BCUT2D eigenvalue weighted by atomic mass is 30.2. The summed E-state index contributed by atoms with van der Waals surface area (Å²) in [4.78, 5) is 0. The van der Waals surface area contributed by atoms with Crippen molar-refractivity contribution >= 4 is 56.2 Å². The van der Waals surface area contributed by atoms with E-state index in [1.54, 1.807) is 0 Å². The summed E-state index contributed by atoms with van der Waals surface area (Å²) >= 11 is 0. The van der Waals surface area contributed by atoms with E-state index < -0.39 is 51.1 Å². The number of hydrogen-bond donors (Lipinski definition) is 0. The predicted molar refractivity (Wildman–Crippen MR) is 150 cm³/mol. The summed E-state index contributed by atoms with van der Waals surface area (Å²) in [6.07, 6.45) is 0. The van der Waals surface area contributed by atoms with Gasteiger partial charge in [-0.2, -0.15) is 0 Å². The molecule has 1 rings (SSSR count). The van der Waals surface area contributed by atoms with Gasteiger partial charge in [0.15, 0.2) is 0 Å². The van der Waals surface area contributed by atoms with E-state index in [0.29, 0.717) is 0 Å². The van der Waals surface area contributed by atoms with Crippen molar-refractivity contribution in [2.24, 2.45) is 0 Å². The molecule has 0 fully saturated rings. The van der Waals surface area contributed by atoms with Crippen LogP contribution < -0.4 is 5.19 Å². The molecule has 162 valence electrons. The molecule has 0 spiro atoms. The Hall–Kier alpha value is 0.668. The molecule has 0 amide bonds. The van der Waals surface area contributed by atoms with E-state index in [2.05, 4.69) is 122 Å². The van der Waals surface area contributed by atoms with Gasteiger partial charge in [0.05, 0.1) is 13.3 Å². The molecule has 0 nitrogen and oxygen atoms in total. The smallest absolute Gasteiger partial charge is 0.239 e. The van der Waals surface area contributed by atoms with Crippen LogP contribution in [-0.2, 0) is 0 Å². The molecule has 0 unspecified atom stereocenters. The molecule has 0 aliphatic heterocycles. The molecule has 28 heavy (non-hydrogen) atoms. The topological polar surface area (TPSA) is 0 Å². The summed E-state index contributed by atoms with van der Waals surface area (Å²) in [5, 5.41) is 1.20. The maximum Gasteiger partial charge on any atom is 0.239 e. The Morgan fingerprint density at radius 2 is 0.714 bits per heavy atom. The molecule has 0 atom stereocenters. The van der Waals surface area contributed by atoms with E-state index in [1.165, 1.54) is 5.19 Å². The van der Waals surface area contributed by atoms with Gasteiger partial charge >= 0.3 is 0 Å². The zero-order valence-corrected chi connectivity index (χ0v) is 28.3. The van der Waals surface area contributed by atoms with Crippen LogP contribution in [0.5, 0.6) is 0 Å². The van der Waals surface area contributed by atoms with E-state index >= 15 is 4.11 Å². The van der Waals surface area contributed by atoms with E-state index in [4.69, 9.17) is 0 Å². The maximum absolute atomic E-state index is 19.0. The number of benzene rings is 1. The van der Waals surface area contributed by atoms with Crippen LogP contribution >= 0.6 is 0 Å². The third-order valence-electron chi connectivity index (χ3n) is 8.55. The summed E-state index contributed by atoms with van der Waals surface area (Å²) in [5.74, 6) is 0. The molecule has 0 N–H and O–H groups in total. The highest BCUT2D eigenvalue weighted by Crippen LogP contribution is 2.47. The van der Waals surface area contributed by atoms with Crippen LogP contribution in [-0.4, -0.2) is 51.1 Å². The first-order valence-corrected chi connectivity index (χ1v) is 37.7. The SMILES string of the molecule is C[Si](C)(C)[Si](C)([Si](C)(C)C)[Si](F)(c1ccccc1)[Si](C)([Si](C)(C)C)[Si](C)(C)C. The van der Waals surface area contributed by atoms with E-state index in [1.807, 2.05) is 0 Å². The molecular weight excluding hydrogens is 456 g/mol. The Kier molecular flexibility index (Phi) is 7.31. The third-order valence-corrected chi connectivity index (χ3v) is 155. The first kappa shape index (κ1) is 26.7. The quantitative estimate of drug-likeness (QED) is 0.284. The van der Waals surface area contributed by atoms with E-state index in [9.17, 15) is 0 Å². The molecule has 0 saturated carbocycles. The number of hydrogen-bond acceptors (Lipinski definition) is 0. The van der Waals surface area contributed by atoms with Crippen molar-refractivity contribution in [2.45, 2.75) is 91.7 Å². The number of halogens is 1. The second-order valence-corrected chi connectivity index (χ2v) is 88.3. The lowest BCUT2D eigenvalue weighted by Crippen LogP contribution is -2.99. The van der Waals surface area contributed by atoms with Crippen molar-refractivity contribution in [1.82, 2.24) is 0 Å². The summed E-state index contributed by atoms with van der Waals surface area (Å²) in [5.41, 5.74) is 0. The van der Waals surface area contributed by atoms with Gasteiger partial charge in [0.1, 0.15) is 0 Å². The fourth-order valence-electron chi connectivity index (χ4n) is 6.06. The Balaban J connectivity index is 4.31. The zero-order valence-electron chi connectivity index (χ0n) is 21.3. The number of rotatable bonds is 7. The molecule has 0 aromatic heterocycles. The van der Waals surface area contributed by atoms with Crippen LogP contribution in [0.2, 0.25) is 91.7 Å². The van der Waals surface area contributed by atoms with Gasteiger partial charge in [-0.25, -0.2) is 0 Å². The minimum absolute atomic E-state index is 1.20. The zero-order chi connectivity index (χ0) is 22.6. The van der Waals surface area contributed by atoms with Crippen LogP contribution in [0.15, 0.2) is 30.3 Å². The second-order valence-electron chi connectivity index (χ2n) is 13.3. The molecule has 0 heterocycles. The second kappa shape index (κ2) is 7.66. The largest absolute Gasteiger partial charge is 0.317 e. The molecule has 0 aliphatic rings. The first-order chi connectivity index (χ1) is 12.1. The lowest BCUT2D eigenvalue weighted by atomic mass is 10.4. The van der Waals surface area contributed by atoms with Gasteiger partial charge in [-0.05, 0) is 5.19 Å². The van der Waals surface area contributed by atoms with Gasteiger partial charge in [0.25, 0.3) is 0 Å². The Morgan fingerprint density at radius 3 is 0.929 bits per heavy atom. The molecule has 1 aromatic rings. The third kappa shape index (κ3) is 3.73. The summed E-state index contributed by atoms with van der Waals surface area (Å²) in [6, 6.07) is 10.8. The highest BCUT2D eigenvalue weighted by Gasteiger charge is 2.78. The van der Waals surface area contributed by atoms with Gasteiger partial charge < -0.3 is 4.11 Å². The van der Waals surface area contributed by atoms with Crippen LogP contribution in [0.1, 0.15) is 0 Å². The standard InChI is InChI=1S/C20H47FSi7/c1-22(2,3)26(13,23(4,5)6)28(21,20-18-16-15-17-19-20)27(14,24(7,8)9)25(10,11)12/h15-19H,1-14H3. The Morgan fingerprint density at radius 1 is 0.464 bits per heavy atom. The van der Waals surface area contributed by atoms with Crippen molar-refractivity contribution in [3.8, 4) is 0 Å². The van der Waals surface area contributed by atoms with Crippen LogP contribution in [0.3, 0.4) is 0 Å². The fraction of sp³-hybridized carbons (Fsp3) is 0.700. The molecule has 1 aromatic carbocycles. The Labute approximate surface area is 181 Å². The normalized spacial score (nSPS) is 15.7. The van der Waals surface area contributed by atoms with Gasteiger partial charge in [-0.15, -0.1) is 0 Å². The molecule has 8 heteroatoms. The predicted octanol–water partition coefficient (Wildman–Crippen LogP) is 6.79. The molecular formula is C20H47FSi7. The van der Waals surface area contributed by atoms with Crippen molar-refractivity contribution in [2.75, 3.05) is 0 Å². The highest BCUT2D eigenvalue weighted by molar-refractivity contribution is 8.10. The lowest BCUT2D eigenvalue weighted by molar-refractivity contribution is 0.857. The molecule has 0 saturated heterocycles. The average molecular weight is 503 g/mol. The van der Waals surface area contributed by atoms with Crippen molar-refractivity contribution < 1.29 is 4.11 Å². The summed E-state index contributed by atoms with van der Waals surface area (Å²) in [7, 11) is -9.81. The molecule has 0 radical (unpaired) electrons. The van der Waals surface area contributed by atoms with Crippen LogP contribution in [0, 0.1) is 0 Å². The first-order valence-electron chi connectivity index (χ1n) is 10.8. The van der Waals surface area contributed by atoms with E-state index in [0.717, 1.165) is 0 Å². The van der Waals surface area contributed by atoms with Gasteiger partial charge in [0, 0.05) is 30.4 Å². The minimum atomic E-state index is -3.15. The Bertz CT molecular complexity index is 610. The summed E-state index contributed by atoms with van der Waals surface area (Å²) < 4.78 is 19.0. The lowest BCUT2D eigenvalue weighted by Gasteiger charge is -2.65. The van der Waals surface area contributed by atoms with Gasteiger partial charge in [0.2, 0.25) is 7.44 Å². The fourth-order valence-corrected chi connectivity index (χ4v) is 224. The molecule has 0 bridgehead atoms. The van der Waals surface area contributed by atoms with Crippen molar-refractivity contribution in [3.63, 3.8) is 0 Å². The monoisotopic (exact) mass is 502 g/mol. The van der Waals surface area contributed by atoms with Crippen LogP contribution in [0.25, 0.3) is 0 Å². The van der Waals surface area contributed by atoms with Gasteiger partial charge in [-0.3, -0.25) is 0 Å². The summed E-state index contributed by atoms with van der Waals surface area (Å²) in [6.45, 7) is 31.3. The van der Waals surface area contributed by atoms with Crippen LogP contribution in [0.4, 0.5) is 4.11 Å². The van der Waals surface area contributed by atoms with Crippen molar-refractivity contribution in [3.05, 3.63) is 30.3 Å². The molecule has 0 aliphatic carbocycles. The van der Waals surface area contributed by atoms with Crippen molar-refractivity contribution in [1.29, 1.82) is 0 Å². The average Bonchev–Trinajstić information content (AvgIpc) is 2.48. The minimum Gasteiger partial charge on any atom is -0.317 e. The van der Waals surface area contributed by atoms with E-state index in [-0.39, 0.29) is 0 Å². The maximum atomic E-state index is 19.0. The van der Waals surface area contributed by atoms with Gasteiger partial charge in [-0.1, -0.05) is 122 Å².